The molecule has 2 rings (SSSR count). The number of aliphatic hydroxyl groups excluding tert-OH is 1. The summed E-state index contributed by atoms with van der Waals surface area (Å²) in [5.74, 6) is 0.747. The van der Waals surface area contributed by atoms with Crippen LogP contribution in [0.15, 0.2) is 30.3 Å². The second kappa shape index (κ2) is 6.18. The molecule has 2 nitrogen and oxygen atoms in total. The lowest BCUT2D eigenvalue weighted by Crippen LogP contribution is -2.34. The highest BCUT2D eigenvalue weighted by Crippen LogP contribution is 2.29. The molecule has 1 aromatic carbocycles. The molecule has 1 aliphatic carbocycles. The second-order valence-corrected chi connectivity index (χ2v) is 5.16. The van der Waals surface area contributed by atoms with Crippen molar-refractivity contribution in [1.29, 1.82) is 0 Å². The summed E-state index contributed by atoms with van der Waals surface area (Å²) in [6.07, 6.45) is 3.29. The second-order valence-electron chi connectivity index (χ2n) is 5.16. The predicted molar refractivity (Wildman–Crippen MR) is 68.6 cm³/mol. The molecule has 3 atom stereocenters. The molecule has 0 unspecified atom stereocenters. The Bertz CT molecular complexity index is 323. The van der Waals surface area contributed by atoms with Crippen molar-refractivity contribution in [3.8, 4) is 0 Å². The molecule has 0 bridgehead atoms. The molecular weight excluding hydrogens is 212 g/mol. The zero-order valence-corrected chi connectivity index (χ0v) is 10.5. The van der Waals surface area contributed by atoms with Gasteiger partial charge in [0.05, 0.1) is 19.3 Å². The van der Waals surface area contributed by atoms with Gasteiger partial charge in [0.15, 0.2) is 0 Å². The van der Waals surface area contributed by atoms with Gasteiger partial charge in [0.2, 0.25) is 0 Å². The number of hydrogen-bond acceptors (Lipinski definition) is 2. The maximum absolute atomic E-state index is 10.1. The van der Waals surface area contributed by atoms with E-state index < -0.39 is 0 Å². The quantitative estimate of drug-likeness (QED) is 0.867. The fourth-order valence-corrected chi connectivity index (χ4v) is 2.59. The molecule has 2 heteroatoms. The summed E-state index contributed by atoms with van der Waals surface area (Å²) in [4.78, 5) is 0. The third-order valence-electron chi connectivity index (χ3n) is 3.74. The zero-order chi connectivity index (χ0) is 12.1. The normalized spacial score (nSPS) is 29.2. The first-order valence-electron chi connectivity index (χ1n) is 6.57. The van der Waals surface area contributed by atoms with Crippen LogP contribution in [0.3, 0.4) is 0 Å². The standard InChI is InChI=1S/C15H22O2/c1-12-6-5-9-14(15(12)16)11-17-10-13-7-3-2-4-8-13/h2-4,7-8,12,14-16H,5-6,9-11H2,1H3/t12-,14-,15+/m1/s1. The summed E-state index contributed by atoms with van der Waals surface area (Å²) in [6, 6.07) is 10.2. The number of aliphatic hydroxyl groups is 1. The lowest BCUT2D eigenvalue weighted by molar-refractivity contribution is -0.0263. The van der Waals surface area contributed by atoms with Crippen LogP contribution in [0.2, 0.25) is 0 Å². The van der Waals surface area contributed by atoms with Gasteiger partial charge in [0.1, 0.15) is 0 Å². The molecule has 0 aromatic heterocycles. The Morgan fingerprint density at radius 3 is 2.76 bits per heavy atom. The molecule has 0 spiro atoms. The van der Waals surface area contributed by atoms with Crippen LogP contribution in [0.4, 0.5) is 0 Å². The highest BCUT2D eigenvalue weighted by molar-refractivity contribution is 5.13. The largest absolute Gasteiger partial charge is 0.392 e. The van der Waals surface area contributed by atoms with Crippen molar-refractivity contribution >= 4 is 0 Å². The van der Waals surface area contributed by atoms with Crippen LogP contribution >= 0.6 is 0 Å². The Kier molecular flexibility index (Phi) is 4.57. The van der Waals surface area contributed by atoms with Crippen LogP contribution in [0.1, 0.15) is 31.7 Å². The SMILES string of the molecule is C[C@@H]1CCC[C@H](COCc2ccccc2)[C@H]1O. The van der Waals surface area contributed by atoms with E-state index in [2.05, 4.69) is 19.1 Å². The van der Waals surface area contributed by atoms with E-state index in [1.54, 1.807) is 0 Å². The highest BCUT2D eigenvalue weighted by Gasteiger charge is 2.28. The van der Waals surface area contributed by atoms with Gasteiger partial charge in [-0.05, 0) is 24.3 Å². The number of ether oxygens (including phenoxy) is 1. The van der Waals surface area contributed by atoms with Crippen LogP contribution in [-0.4, -0.2) is 17.8 Å². The minimum absolute atomic E-state index is 0.181. The Morgan fingerprint density at radius 2 is 2.00 bits per heavy atom. The number of rotatable bonds is 4. The van der Waals surface area contributed by atoms with Crippen molar-refractivity contribution in [2.45, 2.75) is 38.9 Å². The highest BCUT2D eigenvalue weighted by atomic mass is 16.5. The molecule has 0 aliphatic heterocycles. The lowest BCUT2D eigenvalue weighted by Gasteiger charge is -2.32. The van der Waals surface area contributed by atoms with Gasteiger partial charge in [-0.2, -0.15) is 0 Å². The first-order valence-corrected chi connectivity index (χ1v) is 6.57. The van der Waals surface area contributed by atoms with E-state index in [0.29, 0.717) is 25.0 Å². The van der Waals surface area contributed by atoms with Crippen molar-refractivity contribution in [3.63, 3.8) is 0 Å². The summed E-state index contributed by atoms with van der Waals surface area (Å²) < 4.78 is 5.72. The van der Waals surface area contributed by atoms with E-state index >= 15 is 0 Å². The Balaban J connectivity index is 1.75. The van der Waals surface area contributed by atoms with E-state index in [1.807, 2.05) is 18.2 Å². The predicted octanol–water partition coefficient (Wildman–Crippen LogP) is 3.00. The molecule has 1 saturated carbocycles. The van der Waals surface area contributed by atoms with Crippen molar-refractivity contribution in [3.05, 3.63) is 35.9 Å². The molecule has 0 saturated heterocycles. The van der Waals surface area contributed by atoms with Crippen molar-refractivity contribution in [2.75, 3.05) is 6.61 Å². The Labute approximate surface area is 104 Å². The van der Waals surface area contributed by atoms with E-state index in [4.69, 9.17) is 4.74 Å². The van der Waals surface area contributed by atoms with E-state index in [0.717, 1.165) is 12.8 Å². The summed E-state index contributed by atoms with van der Waals surface area (Å²) in [5.41, 5.74) is 1.20. The lowest BCUT2D eigenvalue weighted by atomic mass is 9.80. The fourth-order valence-electron chi connectivity index (χ4n) is 2.59. The van der Waals surface area contributed by atoms with Crippen molar-refractivity contribution < 1.29 is 9.84 Å². The third kappa shape index (κ3) is 3.55. The summed E-state index contributed by atoms with van der Waals surface area (Å²) >= 11 is 0. The fraction of sp³-hybridized carbons (Fsp3) is 0.600. The van der Waals surface area contributed by atoms with E-state index in [9.17, 15) is 5.11 Å². The molecule has 0 heterocycles. The average molecular weight is 234 g/mol. The maximum atomic E-state index is 10.1. The molecule has 1 aliphatic rings. The van der Waals surface area contributed by atoms with E-state index in [-0.39, 0.29) is 6.10 Å². The van der Waals surface area contributed by atoms with Gasteiger partial charge in [0.25, 0.3) is 0 Å². The molecule has 1 N–H and O–H groups in total. The van der Waals surface area contributed by atoms with Crippen LogP contribution < -0.4 is 0 Å². The Hall–Kier alpha value is -0.860. The smallest absolute Gasteiger partial charge is 0.0717 e. The van der Waals surface area contributed by atoms with Crippen molar-refractivity contribution in [2.24, 2.45) is 11.8 Å². The summed E-state index contributed by atoms with van der Waals surface area (Å²) in [5, 5.41) is 10.1. The number of benzene rings is 1. The first kappa shape index (κ1) is 12.6. The molecular formula is C15H22O2. The Morgan fingerprint density at radius 1 is 1.24 bits per heavy atom. The van der Waals surface area contributed by atoms with Crippen LogP contribution in [-0.2, 0) is 11.3 Å². The molecule has 1 fully saturated rings. The zero-order valence-electron chi connectivity index (χ0n) is 10.5. The van der Waals surface area contributed by atoms with Gasteiger partial charge in [-0.25, -0.2) is 0 Å². The molecule has 1 aromatic rings. The van der Waals surface area contributed by atoms with Gasteiger partial charge < -0.3 is 9.84 Å². The topological polar surface area (TPSA) is 29.5 Å². The molecule has 0 radical (unpaired) electrons. The van der Waals surface area contributed by atoms with Gasteiger partial charge in [-0.15, -0.1) is 0 Å². The third-order valence-corrected chi connectivity index (χ3v) is 3.74. The molecule has 17 heavy (non-hydrogen) atoms. The first-order chi connectivity index (χ1) is 8.27. The minimum atomic E-state index is -0.181. The van der Waals surface area contributed by atoms with Crippen LogP contribution in [0.5, 0.6) is 0 Å². The molecule has 0 amide bonds. The van der Waals surface area contributed by atoms with Gasteiger partial charge in [-0.1, -0.05) is 43.7 Å². The minimum Gasteiger partial charge on any atom is -0.392 e. The maximum Gasteiger partial charge on any atom is 0.0717 e. The average Bonchev–Trinajstić information content (AvgIpc) is 2.36. The molecule has 94 valence electrons. The number of hydrogen-bond donors (Lipinski definition) is 1. The van der Waals surface area contributed by atoms with E-state index in [1.165, 1.54) is 12.0 Å². The van der Waals surface area contributed by atoms with Crippen LogP contribution in [0, 0.1) is 11.8 Å². The summed E-state index contributed by atoms with van der Waals surface area (Å²) in [7, 11) is 0. The van der Waals surface area contributed by atoms with Gasteiger partial charge in [-0.3, -0.25) is 0 Å². The van der Waals surface area contributed by atoms with Crippen molar-refractivity contribution in [1.82, 2.24) is 0 Å². The van der Waals surface area contributed by atoms with Crippen LogP contribution in [0.25, 0.3) is 0 Å². The monoisotopic (exact) mass is 234 g/mol. The van der Waals surface area contributed by atoms with Gasteiger partial charge >= 0.3 is 0 Å². The van der Waals surface area contributed by atoms with Gasteiger partial charge in [0, 0.05) is 5.92 Å². The summed E-state index contributed by atoms with van der Waals surface area (Å²) in [6.45, 7) is 3.47.